The Hall–Kier alpha value is -3.81. The van der Waals surface area contributed by atoms with Crippen molar-refractivity contribution in [2.75, 3.05) is 33.4 Å². The van der Waals surface area contributed by atoms with Crippen molar-refractivity contribution in [1.82, 2.24) is 20.1 Å². The zero-order valence-corrected chi connectivity index (χ0v) is 29.7. The first-order valence-corrected chi connectivity index (χ1v) is 18.8. The van der Waals surface area contributed by atoms with Crippen LogP contribution in [0.3, 0.4) is 0 Å². The summed E-state index contributed by atoms with van der Waals surface area (Å²) < 4.78 is 21.9. The van der Waals surface area contributed by atoms with Crippen molar-refractivity contribution >= 4 is 38.6 Å². The van der Waals surface area contributed by atoms with Gasteiger partial charge < -0.3 is 39.0 Å². The highest BCUT2D eigenvalue weighted by Gasteiger charge is 2.34. The fourth-order valence-corrected chi connectivity index (χ4v) is 7.91. The Morgan fingerprint density at radius 1 is 0.979 bits per heavy atom. The van der Waals surface area contributed by atoms with Crippen LogP contribution in [-0.2, 0) is 30.3 Å². The zero-order chi connectivity index (χ0) is 34.7. The van der Waals surface area contributed by atoms with Crippen molar-refractivity contribution in [1.29, 1.82) is 0 Å². The Bertz CT molecular complexity index is 1280. The Morgan fingerprint density at radius 2 is 1.69 bits per heavy atom. The molecule has 1 radical (unpaired) electrons. The molecule has 1 atom stereocenters. The summed E-state index contributed by atoms with van der Waals surface area (Å²) in [6, 6.07) is 6.80. The first-order valence-electron chi connectivity index (χ1n) is 17.1. The predicted octanol–water partition coefficient (Wildman–Crippen LogP) is 4.72. The number of likely N-dealkylation sites (tertiary alicyclic amines) is 1. The Kier molecular flexibility index (Phi) is 13.5. The molecule has 13 nitrogen and oxygen atoms in total. The molecule has 265 valence electrons. The number of nitrogens with zero attached hydrogens (tertiary/aromatic N) is 2. The number of methoxy groups -OCH3 is 1. The van der Waals surface area contributed by atoms with Crippen LogP contribution in [0.25, 0.3) is 0 Å². The van der Waals surface area contributed by atoms with Gasteiger partial charge in [0, 0.05) is 44.5 Å². The summed E-state index contributed by atoms with van der Waals surface area (Å²) in [6.45, 7) is 7.39. The quantitative estimate of drug-likeness (QED) is 0.263. The van der Waals surface area contributed by atoms with E-state index in [9.17, 15) is 24.0 Å². The molecular weight excluding hydrogens is 636 g/mol. The van der Waals surface area contributed by atoms with Gasteiger partial charge in [0.05, 0.1) is 13.7 Å². The highest BCUT2D eigenvalue weighted by Crippen LogP contribution is 2.28. The summed E-state index contributed by atoms with van der Waals surface area (Å²) in [5.74, 6) is 0.367. The summed E-state index contributed by atoms with van der Waals surface area (Å²) >= 11 is 0. The average Bonchev–Trinajstić information content (AvgIpc) is 3.28. The molecule has 2 aliphatic heterocycles. The molecular formula is C34H51N4O9Si. The number of fused-ring (bicyclic) bond motifs is 1. The lowest BCUT2D eigenvalue weighted by molar-refractivity contribution is -0.131. The van der Waals surface area contributed by atoms with Crippen LogP contribution in [0.2, 0.25) is 6.04 Å². The van der Waals surface area contributed by atoms with Gasteiger partial charge in [-0.2, -0.15) is 0 Å². The number of carbonyl (C=O) groups excluding carboxylic acids is 5. The van der Waals surface area contributed by atoms with E-state index in [0.29, 0.717) is 52.0 Å². The second-order valence-electron chi connectivity index (χ2n) is 13.7. The second kappa shape index (κ2) is 17.5. The van der Waals surface area contributed by atoms with Gasteiger partial charge in [0.2, 0.25) is 11.8 Å². The minimum Gasteiger partial charge on any atom is -0.491 e. The van der Waals surface area contributed by atoms with Crippen molar-refractivity contribution in [2.24, 2.45) is 5.92 Å². The number of piperidine rings is 1. The standard InChI is InChI=1S/C34H51N4O9Si/c1-34(2,3)47-32(42)37-17-14-26(15-18-37)46-31(41)35-27(22-24-10-6-5-7-11-24)30(40)36-48(33(43)44-4)21-16-29(39)38-19-20-45-28-13-9-8-12-25(28)23-38/h8-9,12-13,24,26-27H,5-7,10-11,14-23H2,1-4H3,(H,35,41)(H,36,40)/t27-/m0/s1. The summed E-state index contributed by atoms with van der Waals surface area (Å²) in [7, 11) is -1.07. The maximum atomic E-state index is 13.7. The van der Waals surface area contributed by atoms with E-state index < -0.39 is 50.4 Å². The van der Waals surface area contributed by atoms with Crippen LogP contribution in [-0.4, -0.2) is 99.4 Å². The predicted molar refractivity (Wildman–Crippen MR) is 179 cm³/mol. The van der Waals surface area contributed by atoms with Crippen LogP contribution < -0.4 is 15.0 Å². The number of hydrogen-bond donors (Lipinski definition) is 2. The minimum atomic E-state index is -2.33. The fourth-order valence-electron chi connectivity index (χ4n) is 6.30. The van der Waals surface area contributed by atoms with Crippen molar-refractivity contribution in [3.05, 3.63) is 29.8 Å². The van der Waals surface area contributed by atoms with Crippen LogP contribution >= 0.6 is 0 Å². The molecule has 1 aromatic carbocycles. The van der Waals surface area contributed by atoms with Crippen LogP contribution in [0.15, 0.2) is 24.3 Å². The fraction of sp³-hybridized carbons (Fsp3) is 0.676. The van der Waals surface area contributed by atoms with Gasteiger partial charge in [0.1, 0.15) is 30.1 Å². The smallest absolute Gasteiger partial charge is 0.410 e. The van der Waals surface area contributed by atoms with Gasteiger partial charge in [0.25, 0.3) is 5.59 Å². The molecule has 1 saturated heterocycles. The molecule has 0 unspecified atom stereocenters. The topological polar surface area (TPSA) is 153 Å². The minimum absolute atomic E-state index is 0.0522. The van der Waals surface area contributed by atoms with E-state index in [2.05, 4.69) is 10.3 Å². The molecule has 3 aliphatic rings. The Labute approximate surface area is 285 Å². The van der Waals surface area contributed by atoms with Crippen molar-refractivity contribution in [3.8, 4) is 5.75 Å². The van der Waals surface area contributed by atoms with Crippen LogP contribution in [0.4, 0.5) is 14.4 Å². The largest absolute Gasteiger partial charge is 0.491 e. The number of amides is 4. The number of ether oxygens (including phenoxy) is 4. The van der Waals surface area contributed by atoms with Gasteiger partial charge in [-0.25, -0.2) is 9.59 Å². The number of benzene rings is 1. The third-order valence-electron chi connectivity index (χ3n) is 8.87. The summed E-state index contributed by atoms with van der Waals surface area (Å²) in [6.07, 6.45) is 5.01. The number of nitrogens with one attached hydrogen (secondary N) is 2. The van der Waals surface area contributed by atoms with Gasteiger partial charge in [-0.3, -0.25) is 14.4 Å². The maximum Gasteiger partial charge on any atom is 0.410 e. The van der Waals surface area contributed by atoms with Crippen LogP contribution in [0.5, 0.6) is 5.75 Å². The number of alkyl carbamates (subject to hydrolysis) is 1. The first kappa shape index (κ1) is 37.0. The van der Waals surface area contributed by atoms with Gasteiger partial charge >= 0.3 is 21.1 Å². The summed E-state index contributed by atoms with van der Waals surface area (Å²) in [4.78, 5) is 71.4. The average molecular weight is 688 g/mol. The molecule has 48 heavy (non-hydrogen) atoms. The molecule has 4 rings (SSSR count). The molecule has 1 saturated carbocycles. The maximum absolute atomic E-state index is 13.7. The third kappa shape index (κ3) is 11.4. The first-order chi connectivity index (χ1) is 22.9. The van der Waals surface area contributed by atoms with Crippen molar-refractivity contribution in [2.45, 2.75) is 109 Å². The van der Waals surface area contributed by atoms with Crippen LogP contribution in [0.1, 0.15) is 84.1 Å². The molecule has 0 spiro atoms. The van der Waals surface area contributed by atoms with Gasteiger partial charge in [-0.1, -0.05) is 50.3 Å². The number of rotatable bonds is 10. The van der Waals surface area contributed by atoms with Crippen molar-refractivity contribution < 1.29 is 42.9 Å². The third-order valence-corrected chi connectivity index (χ3v) is 10.9. The summed E-state index contributed by atoms with van der Waals surface area (Å²) in [5, 5.41) is 2.77. The van der Waals surface area contributed by atoms with E-state index >= 15 is 0 Å². The molecule has 2 heterocycles. The molecule has 1 aliphatic carbocycles. The van der Waals surface area contributed by atoms with E-state index in [1.165, 1.54) is 7.11 Å². The van der Waals surface area contributed by atoms with E-state index in [1.54, 1.807) is 9.80 Å². The van der Waals surface area contributed by atoms with E-state index in [4.69, 9.17) is 18.9 Å². The lowest BCUT2D eigenvalue weighted by Gasteiger charge is -2.33. The molecule has 0 aromatic heterocycles. The van der Waals surface area contributed by atoms with Gasteiger partial charge in [-0.05, 0) is 45.2 Å². The number of para-hydroxylation sites is 1. The van der Waals surface area contributed by atoms with Crippen molar-refractivity contribution in [3.63, 3.8) is 0 Å². The highest BCUT2D eigenvalue weighted by molar-refractivity contribution is 6.88. The molecule has 2 N–H and O–H groups in total. The second-order valence-corrected chi connectivity index (χ2v) is 15.9. The molecule has 2 fully saturated rings. The Morgan fingerprint density at radius 3 is 2.38 bits per heavy atom. The lowest BCUT2D eigenvalue weighted by Crippen LogP contribution is -2.55. The molecule has 4 amide bonds. The number of carbonyl (C=O) groups is 5. The lowest BCUT2D eigenvalue weighted by atomic mass is 9.84. The zero-order valence-electron chi connectivity index (χ0n) is 28.7. The molecule has 14 heteroatoms. The van der Waals surface area contributed by atoms with E-state index in [1.807, 2.05) is 45.0 Å². The summed E-state index contributed by atoms with van der Waals surface area (Å²) in [5.41, 5.74) is -0.258. The normalized spacial score (nSPS) is 18.1. The van der Waals surface area contributed by atoms with Gasteiger partial charge in [-0.15, -0.1) is 0 Å². The highest BCUT2D eigenvalue weighted by atomic mass is 28.3. The van der Waals surface area contributed by atoms with E-state index in [0.717, 1.165) is 43.4 Å². The number of hydrogen-bond acceptors (Lipinski definition) is 9. The molecule has 1 aromatic rings. The van der Waals surface area contributed by atoms with Gasteiger partial charge in [0.15, 0.2) is 0 Å². The van der Waals surface area contributed by atoms with Crippen LogP contribution in [0, 0.1) is 5.92 Å². The SMILES string of the molecule is COC(=O)[Si](CCC(=O)N1CCOc2ccccc2C1)NC(=O)[C@H](CC1CCCCC1)NC(=O)OC1CCN(C(=O)OC(C)(C)C)CC1. The Balaban J connectivity index is 1.34. The monoisotopic (exact) mass is 687 g/mol. The molecule has 0 bridgehead atoms. The van der Waals surface area contributed by atoms with E-state index in [-0.39, 0.29) is 24.3 Å².